The molecule has 30 heavy (non-hydrogen) atoms. The van der Waals surface area contributed by atoms with E-state index in [4.69, 9.17) is 10.2 Å². The first-order chi connectivity index (χ1) is 14.6. The van der Waals surface area contributed by atoms with Gasteiger partial charge in [0.2, 0.25) is 5.91 Å². The standard InChI is InChI=1S/C24H19N3OS2/c1-16-2-11-21-22(12-16)30-24(27-21)19-7-9-20(10-8-19)26-23(28)15-29-14-18-5-3-17(13-25)4-6-18/h2-12H,14-15H2,1H3,(H,26,28). The Kier molecular flexibility index (Phi) is 6.12. The van der Waals surface area contributed by atoms with Gasteiger partial charge in [-0.1, -0.05) is 18.2 Å². The molecule has 0 aliphatic rings. The molecule has 0 unspecified atom stereocenters. The van der Waals surface area contributed by atoms with Gasteiger partial charge >= 0.3 is 0 Å². The lowest BCUT2D eigenvalue weighted by atomic mass is 10.2. The summed E-state index contributed by atoms with van der Waals surface area (Å²) in [6.45, 7) is 2.08. The molecule has 148 valence electrons. The van der Waals surface area contributed by atoms with Crippen LogP contribution in [0.15, 0.2) is 66.7 Å². The molecule has 1 N–H and O–H groups in total. The number of rotatable bonds is 6. The highest BCUT2D eigenvalue weighted by atomic mass is 32.2. The molecule has 0 radical (unpaired) electrons. The van der Waals surface area contributed by atoms with Crippen LogP contribution in [0.2, 0.25) is 0 Å². The van der Waals surface area contributed by atoms with Gasteiger partial charge in [0.25, 0.3) is 0 Å². The monoisotopic (exact) mass is 429 g/mol. The number of aromatic nitrogens is 1. The minimum absolute atomic E-state index is 0.0307. The molecule has 1 aromatic heterocycles. The lowest BCUT2D eigenvalue weighted by Gasteiger charge is -2.06. The SMILES string of the molecule is Cc1ccc2nc(-c3ccc(NC(=O)CSCc4ccc(C#N)cc4)cc3)sc2c1. The van der Waals surface area contributed by atoms with Gasteiger partial charge in [0.1, 0.15) is 5.01 Å². The topological polar surface area (TPSA) is 65.8 Å². The number of benzene rings is 3. The smallest absolute Gasteiger partial charge is 0.234 e. The predicted molar refractivity (Wildman–Crippen MR) is 126 cm³/mol. The van der Waals surface area contributed by atoms with Crippen LogP contribution >= 0.6 is 23.1 Å². The number of hydrogen-bond acceptors (Lipinski definition) is 5. The van der Waals surface area contributed by atoms with E-state index in [-0.39, 0.29) is 5.91 Å². The third-order valence-corrected chi connectivity index (χ3v) is 6.62. The zero-order valence-corrected chi connectivity index (χ0v) is 18.0. The zero-order valence-electron chi connectivity index (χ0n) is 16.4. The second kappa shape index (κ2) is 9.12. The molecule has 0 spiro atoms. The summed E-state index contributed by atoms with van der Waals surface area (Å²) in [4.78, 5) is 16.9. The highest BCUT2D eigenvalue weighted by molar-refractivity contribution is 7.99. The van der Waals surface area contributed by atoms with Crippen LogP contribution in [-0.2, 0) is 10.5 Å². The van der Waals surface area contributed by atoms with Crippen molar-refractivity contribution < 1.29 is 4.79 Å². The minimum atomic E-state index is -0.0307. The molecule has 0 fully saturated rings. The number of anilines is 1. The number of thiazole rings is 1. The van der Waals surface area contributed by atoms with Crippen LogP contribution in [0.4, 0.5) is 5.69 Å². The Morgan fingerprint density at radius 2 is 1.87 bits per heavy atom. The van der Waals surface area contributed by atoms with E-state index in [9.17, 15) is 4.79 Å². The van der Waals surface area contributed by atoms with Crippen LogP contribution in [-0.4, -0.2) is 16.6 Å². The van der Waals surface area contributed by atoms with Gasteiger partial charge in [-0.3, -0.25) is 4.79 Å². The summed E-state index contributed by atoms with van der Waals surface area (Å²) in [5, 5.41) is 12.7. The van der Waals surface area contributed by atoms with E-state index < -0.39 is 0 Å². The molecule has 0 saturated heterocycles. The average Bonchev–Trinajstić information content (AvgIpc) is 3.18. The maximum atomic E-state index is 12.2. The summed E-state index contributed by atoms with van der Waals surface area (Å²) in [5.41, 5.74) is 5.81. The number of hydrogen-bond donors (Lipinski definition) is 1. The largest absolute Gasteiger partial charge is 0.325 e. The summed E-state index contributed by atoms with van der Waals surface area (Å²) in [6, 6.07) is 23.6. The number of nitrogens with one attached hydrogen (secondary N) is 1. The van der Waals surface area contributed by atoms with Crippen LogP contribution in [0.1, 0.15) is 16.7 Å². The highest BCUT2D eigenvalue weighted by Crippen LogP contribution is 2.31. The quantitative estimate of drug-likeness (QED) is 0.407. The number of carbonyl (C=O) groups excluding carboxylic acids is 1. The second-order valence-corrected chi connectivity index (χ2v) is 8.93. The average molecular weight is 430 g/mol. The lowest BCUT2D eigenvalue weighted by Crippen LogP contribution is -2.14. The summed E-state index contributed by atoms with van der Waals surface area (Å²) >= 11 is 3.22. The third-order valence-electron chi connectivity index (χ3n) is 4.54. The summed E-state index contributed by atoms with van der Waals surface area (Å²) in [6.07, 6.45) is 0. The summed E-state index contributed by atoms with van der Waals surface area (Å²) < 4.78 is 1.18. The number of aryl methyl sites for hydroxylation is 1. The van der Waals surface area contributed by atoms with Crippen molar-refractivity contribution >= 4 is 44.9 Å². The molecular weight excluding hydrogens is 410 g/mol. The molecule has 0 bridgehead atoms. The van der Waals surface area contributed by atoms with Crippen molar-refractivity contribution in [2.75, 3.05) is 11.1 Å². The van der Waals surface area contributed by atoms with E-state index in [1.54, 1.807) is 35.2 Å². The Balaban J connectivity index is 1.32. The van der Waals surface area contributed by atoms with Crippen molar-refractivity contribution in [1.29, 1.82) is 5.26 Å². The molecule has 4 aromatic rings. The lowest BCUT2D eigenvalue weighted by molar-refractivity contribution is -0.113. The molecule has 4 nitrogen and oxygen atoms in total. The van der Waals surface area contributed by atoms with E-state index in [0.29, 0.717) is 11.3 Å². The zero-order chi connectivity index (χ0) is 20.9. The minimum Gasteiger partial charge on any atom is -0.325 e. The van der Waals surface area contributed by atoms with Crippen molar-refractivity contribution in [2.24, 2.45) is 0 Å². The highest BCUT2D eigenvalue weighted by Gasteiger charge is 2.08. The first-order valence-corrected chi connectivity index (χ1v) is 11.4. The van der Waals surface area contributed by atoms with Gasteiger partial charge in [-0.25, -0.2) is 4.98 Å². The van der Waals surface area contributed by atoms with Crippen molar-refractivity contribution in [3.05, 3.63) is 83.4 Å². The van der Waals surface area contributed by atoms with Crippen LogP contribution in [0.25, 0.3) is 20.8 Å². The molecule has 0 saturated carbocycles. The van der Waals surface area contributed by atoms with Crippen molar-refractivity contribution in [3.8, 4) is 16.6 Å². The molecule has 0 aliphatic heterocycles. The van der Waals surface area contributed by atoms with Gasteiger partial charge in [-0.15, -0.1) is 23.1 Å². The first kappa shape index (κ1) is 20.1. The number of carbonyl (C=O) groups is 1. The Bertz CT molecular complexity index is 1220. The molecule has 1 heterocycles. The molecule has 4 rings (SSSR count). The first-order valence-electron chi connectivity index (χ1n) is 9.45. The van der Waals surface area contributed by atoms with Crippen LogP contribution in [0.3, 0.4) is 0 Å². The number of nitriles is 1. The maximum Gasteiger partial charge on any atom is 0.234 e. The van der Waals surface area contributed by atoms with E-state index in [2.05, 4.69) is 36.5 Å². The molecule has 0 atom stereocenters. The molecule has 3 aromatic carbocycles. The van der Waals surface area contributed by atoms with Crippen molar-refractivity contribution in [3.63, 3.8) is 0 Å². The van der Waals surface area contributed by atoms with E-state index in [1.807, 2.05) is 36.4 Å². The number of thioether (sulfide) groups is 1. The predicted octanol–water partition coefficient (Wildman–Crippen LogP) is 6.02. The van der Waals surface area contributed by atoms with Gasteiger partial charge in [-0.2, -0.15) is 5.26 Å². The van der Waals surface area contributed by atoms with Gasteiger partial charge in [0.05, 0.1) is 27.6 Å². The molecule has 6 heteroatoms. The summed E-state index contributed by atoms with van der Waals surface area (Å²) in [5.74, 6) is 1.07. The van der Waals surface area contributed by atoms with Gasteiger partial charge < -0.3 is 5.32 Å². The number of fused-ring (bicyclic) bond motifs is 1. The molecular formula is C24H19N3OS2. The van der Waals surface area contributed by atoms with Crippen molar-refractivity contribution in [2.45, 2.75) is 12.7 Å². The Labute approximate surface area is 183 Å². The second-order valence-electron chi connectivity index (χ2n) is 6.92. The van der Waals surface area contributed by atoms with Gasteiger partial charge in [0.15, 0.2) is 0 Å². The third kappa shape index (κ3) is 4.88. The Morgan fingerprint density at radius 3 is 2.60 bits per heavy atom. The van der Waals surface area contributed by atoms with E-state index in [0.717, 1.165) is 33.1 Å². The summed E-state index contributed by atoms with van der Waals surface area (Å²) in [7, 11) is 0. The van der Waals surface area contributed by atoms with E-state index >= 15 is 0 Å². The molecule has 1 amide bonds. The Morgan fingerprint density at radius 1 is 1.10 bits per heavy atom. The number of nitrogens with zero attached hydrogens (tertiary/aromatic N) is 2. The van der Waals surface area contributed by atoms with E-state index in [1.165, 1.54) is 10.3 Å². The Hall–Kier alpha value is -3.14. The normalized spacial score (nSPS) is 10.7. The van der Waals surface area contributed by atoms with Gasteiger partial charge in [0, 0.05) is 17.0 Å². The van der Waals surface area contributed by atoms with Gasteiger partial charge in [-0.05, 0) is 66.6 Å². The fraction of sp³-hybridized carbons (Fsp3) is 0.125. The fourth-order valence-electron chi connectivity index (χ4n) is 2.99. The van der Waals surface area contributed by atoms with Crippen LogP contribution in [0.5, 0.6) is 0 Å². The fourth-order valence-corrected chi connectivity index (χ4v) is 4.84. The maximum absolute atomic E-state index is 12.2. The van der Waals surface area contributed by atoms with Crippen molar-refractivity contribution in [1.82, 2.24) is 4.98 Å². The number of amides is 1. The molecule has 0 aliphatic carbocycles. The van der Waals surface area contributed by atoms with Crippen LogP contribution in [0, 0.1) is 18.3 Å². The van der Waals surface area contributed by atoms with Crippen LogP contribution < -0.4 is 5.32 Å².